The smallest absolute Gasteiger partial charge is 0.249 e. The molecular weight excluding hydrogens is 220 g/mol. The summed E-state index contributed by atoms with van der Waals surface area (Å²) in [5.74, 6) is -0.0674. The first-order chi connectivity index (χ1) is 8.25. The number of hydrogen-bond acceptors (Lipinski definition) is 5. The minimum atomic E-state index is -0.306. The second-order valence-electron chi connectivity index (χ2n) is 3.32. The maximum Gasteiger partial charge on any atom is 0.249 e. The third-order valence-electron chi connectivity index (χ3n) is 2.08. The van der Waals surface area contributed by atoms with Crippen LogP contribution in [0.25, 0.3) is 0 Å². The largest absolute Gasteiger partial charge is 0.508 e. The second kappa shape index (κ2) is 5.02. The molecule has 2 rings (SSSR count). The Hall–Kier alpha value is -2.50. The van der Waals surface area contributed by atoms with Gasteiger partial charge in [0.25, 0.3) is 0 Å². The van der Waals surface area contributed by atoms with E-state index in [0.717, 1.165) is 0 Å². The SMILES string of the molecule is O=C(Cc1ccccc1O)Nc1nccnn1. The van der Waals surface area contributed by atoms with Gasteiger partial charge in [0.2, 0.25) is 11.9 Å². The predicted octanol–water partition coefficient (Wildman–Crippen LogP) is 0.758. The minimum Gasteiger partial charge on any atom is -0.508 e. The van der Waals surface area contributed by atoms with Gasteiger partial charge < -0.3 is 5.11 Å². The van der Waals surface area contributed by atoms with Gasteiger partial charge in [-0.25, -0.2) is 4.98 Å². The van der Waals surface area contributed by atoms with E-state index in [1.165, 1.54) is 18.5 Å². The summed E-state index contributed by atoms with van der Waals surface area (Å²) in [5.41, 5.74) is 0.550. The minimum absolute atomic E-state index is 0.0604. The number of aromatic nitrogens is 3. The van der Waals surface area contributed by atoms with E-state index in [4.69, 9.17) is 0 Å². The van der Waals surface area contributed by atoms with Crippen LogP contribution < -0.4 is 5.32 Å². The van der Waals surface area contributed by atoms with Crippen molar-refractivity contribution in [2.24, 2.45) is 0 Å². The zero-order valence-electron chi connectivity index (χ0n) is 8.87. The molecule has 0 fully saturated rings. The number of benzene rings is 1. The summed E-state index contributed by atoms with van der Waals surface area (Å²) in [4.78, 5) is 15.4. The fourth-order valence-electron chi connectivity index (χ4n) is 1.31. The molecule has 0 aliphatic heterocycles. The first kappa shape index (κ1) is 11.0. The van der Waals surface area contributed by atoms with E-state index in [-0.39, 0.29) is 24.0 Å². The van der Waals surface area contributed by atoms with Gasteiger partial charge in [-0.2, -0.15) is 5.10 Å². The average molecular weight is 230 g/mol. The zero-order valence-corrected chi connectivity index (χ0v) is 8.87. The van der Waals surface area contributed by atoms with Gasteiger partial charge in [0.15, 0.2) is 0 Å². The van der Waals surface area contributed by atoms with E-state index in [0.29, 0.717) is 5.56 Å². The van der Waals surface area contributed by atoms with Gasteiger partial charge in [-0.15, -0.1) is 5.10 Å². The number of phenols is 1. The Bertz CT molecular complexity index is 516. The molecule has 2 N–H and O–H groups in total. The Kier molecular flexibility index (Phi) is 3.25. The first-order valence-electron chi connectivity index (χ1n) is 4.96. The summed E-state index contributed by atoms with van der Waals surface area (Å²) >= 11 is 0. The monoisotopic (exact) mass is 230 g/mol. The van der Waals surface area contributed by atoms with Crippen LogP contribution in [0.5, 0.6) is 5.75 Å². The van der Waals surface area contributed by atoms with Crippen molar-refractivity contribution in [2.75, 3.05) is 5.32 Å². The molecule has 1 aromatic heterocycles. The molecule has 0 spiro atoms. The molecule has 17 heavy (non-hydrogen) atoms. The third-order valence-corrected chi connectivity index (χ3v) is 2.08. The highest BCUT2D eigenvalue weighted by Gasteiger charge is 2.08. The van der Waals surface area contributed by atoms with E-state index >= 15 is 0 Å². The number of nitrogens with zero attached hydrogens (tertiary/aromatic N) is 3. The normalized spacial score (nSPS) is 9.88. The molecule has 0 aliphatic carbocycles. The van der Waals surface area contributed by atoms with Crippen molar-refractivity contribution in [3.8, 4) is 5.75 Å². The van der Waals surface area contributed by atoms with Crippen molar-refractivity contribution in [3.63, 3.8) is 0 Å². The van der Waals surface area contributed by atoms with Crippen LogP contribution in [0.2, 0.25) is 0 Å². The van der Waals surface area contributed by atoms with Gasteiger partial charge in [0.05, 0.1) is 18.8 Å². The molecule has 1 aromatic carbocycles. The van der Waals surface area contributed by atoms with Crippen LogP contribution in [0.15, 0.2) is 36.7 Å². The first-order valence-corrected chi connectivity index (χ1v) is 4.96. The van der Waals surface area contributed by atoms with Crippen LogP contribution in [0.1, 0.15) is 5.56 Å². The average Bonchev–Trinajstić information content (AvgIpc) is 2.33. The fourth-order valence-corrected chi connectivity index (χ4v) is 1.31. The zero-order chi connectivity index (χ0) is 12.1. The molecular formula is C11H10N4O2. The highest BCUT2D eigenvalue weighted by molar-refractivity contribution is 5.90. The Labute approximate surface area is 97.4 Å². The Morgan fingerprint density at radius 2 is 2.12 bits per heavy atom. The molecule has 0 unspecified atom stereocenters. The van der Waals surface area contributed by atoms with Crippen molar-refractivity contribution in [3.05, 3.63) is 42.2 Å². The number of aromatic hydroxyl groups is 1. The van der Waals surface area contributed by atoms with Crippen molar-refractivity contribution in [1.29, 1.82) is 0 Å². The number of carbonyl (C=O) groups is 1. The van der Waals surface area contributed by atoms with Gasteiger partial charge >= 0.3 is 0 Å². The molecule has 6 nitrogen and oxygen atoms in total. The summed E-state index contributed by atoms with van der Waals surface area (Å²) in [5, 5.41) is 19.2. The van der Waals surface area contributed by atoms with Gasteiger partial charge in [-0.1, -0.05) is 18.2 Å². The Morgan fingerprint density at radius 3 is 2.82 bits per heavy atom. The van der Waals surface area contributed by atoms with E-state index < -0.39 is 0 Å². The topological polar surface area (TPSA) is 88.0 Å². The van der Waals surface area contributed by atoms with Gasteiger partial charge in [0.1, 0.15) is 5.75 Å². The van der Waals surface area contributed by atoms with E-state index in [1.807, 2.05) is 0 Å². The second-order valence-corrected chi connectivity index (χ2v) is 3.32. The lowest BCUT2D eigenvalue weighted by molar-refractivity contribution is -0.115. The van der Waals surface area contributed by atoms with Gasteiger partial charge in [0, 0.05) is 5.56 Å². The highest BCUT2D eigenvalue weighted by atomic mass is 16.3. The van der Waals surface area contributed by atoms with E-state index in [1.54, 1.807) is 18.2 Å². The van der Waals surface area contributed by atoms with Gasteiger partial charge in [-0.3, -0.25) is 10.1 Å². The van der Waals surface area contributed by atoms with Crippen molar-refractivity contribution in [1.82, 2.24) is 15.2 Å². The quantitative estimate of drug-likeness (QED) is 0.812. The summed E-state index contributed by atoms with van der Waals surface area (Å²) in [7, 11) is 0. The molecule has 0 radical (unpaired) electrons. The van der Waals surface area contributed by atoms with Crippen LogP contribution >= 0.6 is 0 Å². The molecule has 86 valence electrons. The standard InChI is InChI=1S/C11H10N4O2/c16-9-4-2-1-3-8(9)7-10(17)14-11-12-5-6-13-15-11/h1-6,16H,7H2,(H,12,14,15,17). The number of para-hydroxylation sites is 1. The number of phenolic OH excluding ortho intramolecular Hbond substituents is 1. The molecule has 1 heterocycles. The predicted molar refractivity (Wildman–Crippen MR) is 60.3 cm³/mol. The molecule has 2 aromatic rings. The molecule has 0 saturated heterocycles. The van der Waals surface area contributed by atoms with E-state index in [2.05, 4.69) is 20.5 Å². The maximum atomic E-state index is 11.6. The van der Waals surface area contributed by atoms with Crippen molar-refractivity contribution >= 4 is 11.9 Å². The highest BCUT2D eigenvalue weighted by Crippen LogP contribution is 2.16. The lowest BCUT2D eigenvalue weighted by Gasteiger charge is -2.04. The molecule has 0 aliphatic rings. The van der Waals surface area contributed by atoms with Crippen molar-refractivity contribution in [2.45, 2.75) is 6.42 Å². The maximum absolute atomic E-state index is 11.6. The fraction of sp³-hybridized carbons (Fsp3) is 0.0909. The van der Waals surface area contributed by atoms with Crippen LogP contribution in [0.3, 0.4) is 0 Å². The number of carbonyl (C=O) groups excluding carboxylic acids is 1. The molecule has 0 atom stereocenters. The van der Waals surface area contributed by atoms with Crippen LogP contribution in [-0.2, 0) is 11.2 Å². The number of hydrogen-bond donors (Lipinski definition) is 2. The molecule has 0 bridgehead atoms. The van der Waals surface area contributed by atoms with Crippen LogP contribution in [0, 0.1) is 0 Å². The Balaban J connectivity index is 2.01. The number of anilines is 1. The van der Waals surface area contributed by atoms with Crippen molar-refractivity contribution < 1.29 is 9.90 Å². The summed E-state index contributed by atoms with van der Waals surface area (Å²) < 4.78 is 0. The van der Waals surface area contributed by atoms with Crippen LogP contribution in [0.4, 0.5) is 5.95 Å². The molecule has 1 amide bonds. The number of rotatable bonds is 3. The van der Waals surface area contributed by atoms with E-state index in [9.17, 15) is 9.90 Å². The van der Waals surface area contributed by atoms with Crippen LogP contribution in [-0.4, -0.2) is 26.2 Å². The lowest BCUT2D eigenvalue weighted by atomic mass is 10.1. The Morgan fingerprint density at radius 1 is 1.29 bits per heavy atom. The number of amides is 1. The van der Waals surface area contributed by atoms with Gasteiger partial charge in [-0.05, 0) is 6.07 Å². The lowest BCUT2D eigenvalue weighted by Crippen LogP contribution is -2.16. The molecule has 6 heteroatoms. The third kappa shape index (κ3) is 2.97. The summed E-state index contributed by atoms with van der Waals surface area (Å²) in [6.07, 6.45) is 2.91. The summed E-state index contributed by atoms with van der Waals surface area (Å²) in [6, 6.07) is 6.66. The number of nitrogens with one attached hydrogen (secondary N) is 1. The molecule has 0 saturated carbocycles. The summed E-state index contributed by atoms with van der Waals surface area (Å²) in [6.45, 7) is 0.